The lowest BCUT2D eigenvalue weighted by Gasteiger charge is -2.37. The topological polar surface area (TPSA) is 55.3 Å². The van der Waals surface area contributed by atoms with Crippen LogP contribution in [0.15, 0.2) is 29.3 Å². The van der Waals surface area contributed by atoms with Gasteiger partial charge < -0.3 is 24.4 Å². The number of nitrogens with one attached hydrogen (secondary N) is 1. The average molecular weight is 432 g/mol. The number of aliphatic imine (C=N–C) groups is 1. The summed E-state index contributed by atoms with van der Waals surface area (Å²) in [7, 11) is 2.16. The second kappa shape index (κ2) is 12.3. The molecule has 0 spiro atoms. The zero-order valence-corrected chi connectivity index (χ0v) is 19.7. The molecule has 1 N–H and O–H groups in total. The highest BCUT2D eigenvalue weighted by Gasteiger charge is 2.34. The predicted molar refractivity (Wildman–Crippen MR) is 126 cm³/mol. The maximum atomic E-state index is 5.71. The quantitative estimate of drug-likeness (QED) is 0.475. The van der Waals surface area contributed by atoms with Gasteiger partial charge in [0.15, 0.2) is 5.96 Å². The van der Waals surface area contributed by atoms with Gasteiger partial charge in [0, 0.05) is 52.0 Å². The van der Waals surface area contributed by atoms with Crippen molar-refractivity contribution >= 4 is 5.96 Å². The molecular weight excluding hydrogens is 390 g/mol. The van der Waals surface area contributed by atoms with Crippen LogP contribution in [0.2, 0.25) is 0 Å². The van der Waals surface area contributed by atoms with Crippen LogP contribution >= 0.6 is 0 Å². The van der Waals surface area contributed by atoms with Crippen molar-refractivity contribution in [2.45, 2.75) is 51.4 Å². The molecule has 174 valence electrons. The summed E-state index contributed by atoms with van der Waals surface area (Å²) in [4.78, 5) is 7.42. The molecule has 1 aromatic carbocycles. The zero-order chi connectivity index (χ0) is 21.9. The van der Waals surface area contributed by atoms with Gasteiger partial charge in [-0.1, -0.05) is 12.1 Å². The summed E-state index contributed by atoms with van der Waals surface area (Å²) in [6.45, 7) is 10.9. The minimum atomic E-state index is 0.0191. The second-order valence-corrected chi connectivity index (χ2v) is 8.79. The average Bonchev–Trinajstić information content (AvgIpc) is 2.82. The summed E-state index contributed by atoms with van der Waals surface area (Å²) >= 11 is 0. The standard InChI is InChI=1S/C25H41N3O3/c1-4-26-24(28(3)15-10-21-11-16-29-17-12-21)27-20-25(13-18-30-19-14-25)22-6-8-23(9-7-22)31-5-2/h6-9,21H,4-5,10-20H2,1-3H3,(H,26,27). The van der Waals surface area contributed by atoms with Gasteiger partial charge in [-0.05, 0) is 69.6 Å². The van der Waals surface area contributed by atoms with Crippen molar-refractivity contribution in [2.75, 3.05) is 59.7 Å². The lowest BCUT2D eigenvalue weighted by molar-refractivity contribution is 0.0529. The minimum Gasteiger partial charge on any atom is -0.494 e. The molecule has 3 rings (SSSR count). The highest BCUT2D eigenvalue weighted by Crippen LogP contribution is 2.36. The first-order chi connectivity index (χ1) is 15.2. The summed E-state index contributed by atoms with van der Waals surface area (Å²) in [5, 5.41) is 3.50. The molecule has 6 nitrogen and oxygen atoms in total. The fourth-order valence-corrected chi connectivity index (χ4v) is 4.58. The largest absolute Gasteiger partial charge is 0.494 e. The van der Waals surface area contributed by atoms with Crippen molar-refractivity contribution in [2.24, 2.45) is 10.9 Å². The number of benzene rings is 1. The van der Waals surface area contributed by atoms with Gasteiger partial charge in [-0.25, -0.2) is 0 Å². The molecule has 2 saturated heterocycles. The van der Waals surface area contributed by atoms with Crippen LogP contribution in [0.25, 0.3) is 0 Å². The number of rotatable bonds is 9. The Morgan fingerprint density at radius 3 is 2.42 bits per heavy atom. The second-order valence-electron chi connectivity index (χ2n) is 8.79. The third kappa shape index (κ3) is 6.84. The summed E-state index contributed by atoms with van der Waals surface area (Å²) in [5.41, 5.74) is 1.36. The third-order valence-corrected chi connectivity index (χ3v) is 6.67. The van der Waals surface area contributed by atoms with Crippen molar-refractivity contribution < 1.29 is 14.2 Å². The van der Waals surface area contributed by atoms with E-state index in [1.807, 2.05) is 6.92 Å². The van der Waals surface area contributed by atoms with Gasteiger partial charge in [0.25, 0.3) is 0 Å². The molecular formula is C25H41N3O3. The van der Waals surface area contributed by atoms with Crippen LogP contribution in [0.5, 0.6) is 5.75 Å². The van der Waals surface area contributed by atoms with Crippen LogP contribution in [0.3, 0.4) is 0 Å². The Bertz CT molecular complexity index is 665. The Hall–Kier alpha value is -1.79. The SMILES string of the molecule is CCNC(=NCC1(c2ccc(OCC)cc2)CCOCC1)N(C)CCC1CCOCC1. The Labute approximate surface area is 188 Å². The molecule has 2 heterocycles. The van der Waals surface area contributed by atoms with E-state index >= 15 is 0 Å². The third-order valence-electron chi connectivity index (χ3n) is 6.67. The first-order valence-corrected chi connectivity index (χ1v) is 12.0. The molecule has 2 aliphatic rings. The molecule has 6 heteroatoms. The molecule has 0 atom stereocenters. The van der Waals surface area contributed by atoms with Crippen LogP contribution in [0, 0.1) is 5.92 Å². The van der Waals surface area contributed by atoms with Crippen molar-refractivity contribution in [3.8, 4) is 5.75 Å². The van der Waals surface area contributed by atoms with Gasteiger partial charge in [0.2, 0.25) is 0 Å². The number of hydrogen-bond donors (Lipinski definition) is 1. The van der Waals surface area contributed by atoms with E-state index in [2.05, 4.69) is 48.5 Å². The number of guanidine groups is 1. The smallest absolute Gasteiger partial charge is 0.193 e. The summed E-state index contributed by atoms with van der Waals surface area (Å²) in [5.74, 6) is 2.70. The van der Waals surface area contributed by atoms with Crippen molar-refractivity contribution in [1.29, 1.82) is 0 Å². The molecule has 0 aliphatic carbocycles. The van der Waals surface area contributed by atoms with Gasteiger partial charge in [0.1, 0.15) is 5.75 Å². The minimum absolute atomic E-state index is 0.0191. The first-order valence-electron chi connectivity index (χ1n) is 12.0. The maximum absolute atomic E-state index is 5.71. The number of nitrogens with zero attached hydrogens (tertiary/aromatic N) is 2. The predicted octanol–water partition coefficient (Wildman–Crippen LogP) is 3.85. The first kappa shape index (κ1) is 23.9. The fraction of sp³-hybridized carbons (Fsp3) is 0.720. The van der Waals surface area contributed by atoms with Crippen molar-refractivity contribution in [3.05, 3.63) is 29.8 Å². The Balaban J connectivity index is 1.69. The van der Waals surface area contributed by atoms with Gasteiger partial charge >= 0.3 is 0 Å². The van der Waals surface area contributed by atoms with E-state index in [4.69, 9.17) is 19.2 Å². The monoisotopic (exact) mass is 431 g/mol. The molecule has 0 radical (unpaired) electrons. The number of ether oxygens (including phenoxy) is 3. The van der Waals surface area contributed by atoms with Crippen LogP contribution in [-0.4, -0.2) is 70.6 Å². The van der Waals surface area contributed by atoms with E-state index < -0.39 is 0 Å². The lowest BCUT2D eigenvalue weighted by atomic mass is 9.74. The van der Waals surface area contributed by atoms with Crippen LogP contribution in [0.4, 0.5) is 0 Å². The Kier molecular flexibility index (Phi) is 9.47. The van der Waals surface area contributed by atoms with E-state index in [0.717, 1.165) is 76.5 Å². The number of hydrogen-bond acceptors (Lipinski definition) is 4. The maximum Gasteiger partial charge on any atom is 0.193 e. The normalized spacial score (nSPS) is 19.8. The molecule has 0 amide bonds. The molecule has 0 aromatic heterocycles. The molecule has 2 aliphatic heterocycles. The summed E-state index contributed by atoms with van der Waals surface area (Å²) in [6.07, 6.45) is 5.55. The van der Waals surface area contributed by atoms with E-state index in [1.165, 1.54) is 24.8 Å². The van der Waals surface area contributed by atoms with E-state index in [-0.39, 0.29) is 5.41 Å². The molecule has 31 heavy (non-hydrogen) atoms. The highest BCUT2D eigenvalue weighted by molar-refractivity contribution is 5.79. The van der Waals surface area contributed by atoms with E-state index in [1.54, 1.807) is 0 Å². The van der Waals surface area contributed by atoms with Crippen molar-refractivity contribution in [3.63, 3.8) is 0 Å². The zero-order valence-electron chi connectivity index (χ0n) is 19.7. The van der Waals surface area contributed by atoms with E-state index in [9.17, 15) is 0 Å². The van der Waals surface area contributed by atoms with Gasteiger partial charge in [-0.2, -0.15) is 0 Å². The molecule has 1 aromatic rings. The van der Waals surface area contributed by atoms with Gasteiger partial charge in [0.05, 0.1) is 13.2 Å². The van der Waals surface area contributed by atoms with E-state index in [0.29, 0.717) is 6.61 Å². The molecule has 0 unspecified atom stereocenters. The molecule has 2 fully saturated rings. The van der Waals surface area contributed by atoms with Crippen LogP contribution < -0.4 is 10.1 Å². The summed E-state index contributed by atoms with van der Waals surface area (Å²) in [6, 6.07) is 8.61. The van der Waals surface area contributed by atoms with Crippen LogP contribution in [0.1, 0.15) is 51.5 Å². The van der Waals surface area contributed by atoms with Crippen molar-refractivity contribution in [1.82, 2.24) is 10.2 Å². The van der Waals surface area contributed by atoms with Gasteiger partial charge in [-0.3, -0.25) is 4.99 Å². The lowest BCUT2D eigenvalue weighted by Crippen LogP contribution is -2.42. The molecule has 0 saturated carbocycles. The molecule has 0 bridgehead atoms. The highest BCUT2D eigenvalue weighted by atomic mass is 16.5. The Morgan fingerprint density at radius 1 is 1.10 bits per heavy atom. The fourth-order valence-electron chi connectivity index (χ4n) is 4.58. The van der Waals surface area contributed by atoms with Crippen LogP contribution in [-0.2, 0) is 14.9 Å². The Morgan fingerprint density at radius 2 is 1.77 bits per heavy atom. The van der Waals surface area contributed by atoms with Gasteiger partial charge in [-0.15, -0.1) is 0 Å². The summed E-state index contributed by atoms with van der Waals surface area (Å²) < 4.78 is 16.9.